The lowest BCUT2D eigenvalue weighted by atomic mass is 10.0. The molecule has 0 spiro atoms. The molecule has 1 aliphatic heterocycles. The molecule has 2 N–H and O–H groups in total. The summed E-state index contributed by atoms with van der Waals surface area (Å²) in [4.78, 5) is 25.1. The van der Waals surface area contributed by atoms with Crippen molar-refractivity contribution < 1.29 is 24.0 Å². The van der Waals surface area contributed by atoms with E-state index in [2.05, 4.69) is 10.5 Å². The molecule has 1 fully saturated rings. The molecule has 0 saturated carbocycles. The van der Waals surface area contributed by atoms with Gasteiger partial charge >= 0.3 is 6.09 Å². The number of nitrogens with zero attached hydrogens (tertiary/aromatic N) is 2. The van der Waals surface area contributed by atoms with Crippen molar-refractivity contribution in [3.05, 3.63) is 40.8 Å². The Hall–Kier alpha value is -3.33. The molecular formula is C22H21N3O5S. The van der Waals surface area contributed by atoms with Crippen LogP contribution in [-0.4, -0.2) is 41.5 Å². The second kappa shape index (κ2) is 7.73. The first kappa shape index (κ1) is 19.6. The zero-order valence-electron chi connectivity index (χ0n) is 16.9. The van der Waals surface area contributed by atoms with E-state index in [1.807, 2.05) is 23.6 Å². The molecule has 2 aliphatic rings. The average Bonchev–Trinajstić information content (AvgIpc) is 3.42. The second-order valence-corrected chi connectivity index (χ2v) is 8.65. The highest BCUT2D eigenvalue weighted by Gasteiger charge is 2.33. The molecule has 0 radical (unpaired) electrons. The summed E-state index contributed by atoms with van der Waals surface area (Å²) in [5.41, 5.74) is 5.49. The number of aromatic nitrogens is 1. The Balaban J connectivity index is 1.43. The van der Waals surface area contributed by atoms with Crippen LogP contribution < -0.4 is 10.2 Å². The number of nitrogens with one attached hydrogen (secondary N) is 1. The minimum atomic E-state index is -0.413. The van der Waals surface area contributed by atoms with Crippen molar-refractivity contribution in [3.63, 3.8) is 0 Å². The summed E-state index contributed by atoms with van der Waals surface area (Å²) in [6.45, 7) is 2.12. The van der Waals surface area contributed by atoms with Crippen molar-refractivity contribution in [1.82, 2.24) is 10.5 Å². The summed E-state index contributed by atoms with van der Waals surface area (Å²) < 4.78 is 11.1. The highest BCUT2D eigenvalue weighted by molar-refractivity contribution is 7.12. The minimum absolute atomic E-state index is 0.153. The van der Waals surface area contributed by atoms with Gasteiger partial charge in [-0.1, -0.05) is 5.16 Å². The van der Waals surface area contributed by atoms with Crippen molar-refractivity contribution in [2.45, 2.75) is 32.3 Å². The number of amides is 2. The molecule has 1 saturated heterocycles. The standard InChI is InChI=1S/C22H21N3O5S/c1-12(26)23-9-16-10-25(22(28)29-16)15-5-6-17-13(7-15)3-2-4-18-20(24-30-21(17)18)14-8-19(27)31-11-14/h5-8,11,16,27H,2-4,9-10H2,1H3,(H,23,26)/t16-/m0/s1. The fourth-order valence-electron chi connectivity index (χ4n) is 4.16. The molecule has 31 heavy (non-hydrogen) atoms. The Bertz CT molecular complexity index is 1170. The summed E-state index contributed by atoms with van der Waals surface area (Å²) in [6.07, 6.45) is 1.80. The first-order valence-corrected chi connectivity index (χ1v) is 11.0. The van der Waals surface area contributed by atoms with Gasteiger partial charge in [0.2, 0.25) is 5.91 Å². The second-order valence-electron chi connectivity index (χ2n) is 7.76. The lowest BCUT2D eigenvalue weighted by Crippen LogP contribution is -2.33. The third-order valence-corrected chi connectivity index (χ3v) is 6.35. The van der Waals surface area contributed by atoms with E-state index < -0.39 is 6.09 Å². The number of carbonyl (C=O) groups is 2. The Morgan fingerprint density at radius 1 is 1.35 bits per heavy atom. The van der Waals surface area contributed by atoms with E-state index in [0.717, 1.165) is 58.7 Å². The number of hydrogen-bond donors (Lipinski definition) is 2. The van der Waals surface area contributed by atoms with Crippen LogP contribution in [0.2, 0.25) is 0 Å². The molecular weight excluding hydrogens is 418 g/mol. The monoisotopic (exact) mass is 439 g/mol. The highest BCUT2D eigenvalue weighted by Crippen LogP contribution is 2.41. The molecule has 9 heteroatoms. The molecule has 2 aromatic heterocycles. The fraction of sp³-hybridized carbons (Fsp3) is 0.318. The van der Waals surface area contributed by atoms with Crippen LogP contribution in [0.3, 0.4) is 0 Å². The molecule has 1 aromatic carbocycles. The van der Waals surface area contributed by atoms with E-state index in [1.54, 1.807) is 11.0 Å². The molecule has 160 valence electrons. The first-order valence-electron chi connectivity index (χ1n) is 10.1. The maximum atomic E-state index is 12.4. The van der Waals surface area contributed by atoms with E-state index in [9.17, 15) is 14.7 Å². The zero-order valence-corrected chi connectivity index (χ0v) is 17.7. The number of carbonyl (C=O) groups excluding carboxylic acids is 2. The van der Waals surface area contributed by atoms with Gasteiger partial charge in [-0.15, -0.1) is 11.3 Å². The van der Waals surface area contributed by atoms with Crippen molar-refractivity contribution in [1.29, 1.82) is 0 Å². The SMILES string of the molecule is CC(=O)NC[C@H]1CN(c2ccc3c(c2)CCCc2c(-c4csc(O)c4)noc2-3)C(=O)O1. The topological polar surface area (TPSA) is 105 Å². The van der Waals surface area contributed by atoms with E-state index in [-0.39, 0.29) is 17.1 Å². The summed E-state index contributed by atoms with van der Waals surface area (Å²) >= 11 is 1.27. The maximum Gasteiger partial charge on any atom is 0.414 e. The van der Waals surface area contributed by atoms with Crippen LogP contribution in [0.5, 0.6) is 5.06 Å². The third-order valence-electron chi connectivity index (χ3n) is 5.62. The Morgan fingerprint density at radius 3 is 3.00 bits per heavy atom. The number of rotatable bonds is 4. The van der Waals surface area contributed by atoms with Gasteiger partial charge in [-0.05, 0) is 43.0 Å². The molecule has 3 heterocycles. The molecule has 1 aliphatic carbocycles. The quantitative estimate of drug-likeness (QED) is 0.642. The maximum absolute atomic E-state index is 12.4. The molecule has 1 atom stereocenters. The highest BCUT2D eigenvalue weighted by atomic mass is 32.1. The lowest BCUT2D eigenvalue weighted by Gasteiger charge is -2.15. The summed E-state index contributed by atoms with van der Waals surface area (Å²) in [5, 5.41) is 18.8. The summed E-state index contributed by atoms with van der Waals surface area (Å²) in [5.74, 6) is 0.590. The van der Waals surface area contributed by atoms with Gasteiger partial charge in [0, 0.05) is 40.7 Å². The van der Waals surface area contributed by atoms with Crippen LogP contribution in [0.15, 0.2) is 34.2 Å². The zero-order chi connectivity index (χ0) is 21.5. The number of thiophene rings is 1. The van der Waals surface area contributed by atoms with Crippen LogP contribution in [0.25, 0.3) is 22.6 Å². The number of cyclic esters (lactones) is 1. The van der Waals surface area contributed by atoms with Gasteiger partial charge in [-0.2, -0.15) is 0 Å². The van der Waals surface area contributed by atoms with Gasteiger partial charge in [-0.25, -0.2) is 4.79 Å². The molecule has 0 unspecified atom stereocenters. The summed E-state index contributed by atoms with van der Waals surface area (Å²) in [6, 6.07) is 7.55. The van der Waals surface area contributed by atoms with Crippen molar-refractivity contribution in [2.75, 3.05) is 18.0 Å². The number of fused-ring (bicyclic) bond motifs is 3. The number of aromatic hydroxyl groups is 1. The third kappa shape index (κ3) is 3.65. The normalized spacial score (nSPS) is 17.6. The average molecular weight is 439 g/mol. The van der Waals surface area contributed by atoms with E-state index in [4.69, 9.17) is 9.26 Å². The van der Waals surface area contributed by atoms with Gasteiger partial charge in [0.1, 0.15) is 11.8 Å². The minimum Gasteiger partial charge on any atom is -0.499 e. The lowest BCUT2D eigenvalue weighted by molar-refractivity contribution is -0.119. The predicted octanol–water partition coefficient (Wildman–Crippen LogP) is 3.73. The summed E-state index contributed by atoms with van der Waals surface area (Å²) in [7, 11) is 0. The van der Waals surface area contributed by atoms with Crippen molar-refractivity contribution >= 4 is 29.0 Å². The number of hydrogen-bond acceptors (Lipinski definition) is 7. The smallest absolute Gasteiger partial charge is 0.414 e. The van der Waals surface area contributed by atoms with Crippen LogP contribution >= 0.6 is 11.3 Å². The molecule has 5 rings (SSSR count). The number of anilines is 1. The Kier molecular flexibility index (Phi) is 4.90. The van der Waals surface area contributed by atoms with Crippen molar-refractivity contribution in [3.8, 4) is 27.6 Å². The molecule has 0 bridgehead atoms. The predicted molar refractivity (Wildman–Crippen MR) is 115 cm³/mol. The first-order chi connectivity index (χ1) is 15.0. The van der Waals surface area contributed by atoms with Gasteiger partial charge < -0.3 is 19.7 Å². The largest absolute Gasteiger partial charge is 0.499 e. The van der Waals surface area contributed by atoms with Crippen LogP contribution in [0, 0.1) is 0 Å². The van der Waals surface area contributed by atoms with Crippen molar-refractivity contribution in [2.24, 2.45) is 0 Å². The van der Waals surface area contributed by atoms with Crippen LogP contribution in [0.4, 0.5) is 10.5 Å². The van der Waals surface area contributed by atoms with E-state index >= 15 is 0 Å². The van der Waals surface area contributed by atoms with E-state index in [1.165, 1.54) is 18.3 Å². The van der Waals surface area contributed by atoms with Crippen LogP contribution in [0.1, 0.15) is 24.5 Å². The Labute approximate surface area is 182 Å². The van der Waals surface area contributed by atoms with E-state index in [0.29, 0.717) is 13.1 Å². The number of ether oxygens (including phenoxy) is 1. The van der Waals surface area contributed by atoms with Gasteiger partial charge in [0.15, 0.2) is 10.8 Å². The molecule has 3 aromatic rings. The molecule has 2 amide bonds. The van der Waals surface area contributed by atoms with Gasteiger partial charge in [0.05, 0.1) is 13.1 Å². The van der Waals surface area contributed by atoms with Gasteiger partial charge in [0.25, 0.3) is 0 Å². The molecule has 8 nitrogen and oxygen atoms in total. The number of aryl methyl sites for hydroxylation is 1. The van der Waals surface area contributed by atoms with Gasteiger partial charge in [-0.3, -0.25) is 9.69 Å². The Morgan fingerprint density at radius 2 is 2.23 bits per heavy atom. The van der Waals surface area contributed by atoms with Crippen LogP contribution in [-0.2, 0) is 22.4 Å². The fourth-order valence-corrected chi connectivity index (χ4v) is 4.78. The number of benzene rings is 1.